The van der Waals surface area contributed by atoms with E-state index in [4.69, 9.17) is 5.73 Å². The van der Waals surface area contributed by atoms with E-state index in [2.05, 4.69) is 57.5 Å². The minimum absolute atomic E-state index is 0.00716. The van der Waals surface area contributed by atoms with Gasteiger partial charge in [0.15, 0.2) is 0 Å². The van der Waals surface area contributed by atoms with Gasteiger partial charge in [-0.25, -0.2) is 4.79 Å². The minimum atomic E-state index is -1.08. The van der Waals surface area contributed by atoms with Crippen molar-refractivity contribution in [3.63, 3.8) is 0 Å². The van der Waals surface area contributed by atoms with Crippen molar-refractivity contribution in [1.29, 1.82) is 0 Å². The number of carbonyl (C=O) groups excluding carboxylic acids is 5. The van der Waals surface area contributed by atoms with Crippen LogP contribution in [0, 0.1) is 34.0 Å². The van der Waals surface area contributed by atoms with E-state index in [1.54, 1.807) is 4.90 Å². The van der Waals surface area contributed by atoms with Crippen molar-refractivity contribution in [3.8, 4) is 0 Å². The number of amides is 5. The number of carbonyl (C=O) groups is 5. The number of likely N-dealkylation sites (tertiary alicyclic amines) is 1. The molecule has 7 atom stereocenters. The second-order valence-electron chi connectivity index (χ2n) is 16.7. The zero-order valence-electron chi connectivity index (χ0n) is 29.1. The van der Waals surface area contributed by atoms with Crippen molar-refractivity contribution in [3.05, 3.63) is 35.9 Å². The van der Waals surface area contributed by atoms with Crippen LogP contribution < -0.4 is 21.7 Å². The van der Waals surface area contributed by atoms with E-state index < -0.39 is 47.2 Å². The molecule has 5 N–H and O–H groups in total. The fourth-order valence-corrected chi connectivity index (χ4v) is 7.70. The molecule has 0 radical (unpaired) electrons. The lowest BCUT2D eigenvalue weighted by Gasteiger charge is -2.40. The third kappa shape index (κ3) is 7.41. The number of nitrogens with zero attached hydrogens (tertiary/aromatic N) is 1. The van der Waals surface area contributed by atoms with Gasteiger partial charge in [0.05, 0.1) is 6.04 Å². The van der Waals surface area contributed by atoms with Gasteiger partial charge in [-0.1, -0.05) is 112 Å². The van der Waals surface area contributed by atoms with Gasteiger partial charge in [-0.2, -0.15) is 0 Å². The maximum atomic E-state index is 14.4. The normalized spacial score (nSPS) is 24.8. The Morgan fingerprint density at radius 1 is 0.935 bits per heavy atom. The van der Waals surface area contributed by atoms with Crippen LogP contribution in [0.2, 0.25) is 0 Å². The zero-order valence-corrected chi connectivity index (χ0v) is 29.1. The Morgan fingerprint density at radius 3 is 2.04 bits per heavy atom. The van der Waals surface area contributed by atoms with Crippen LogP contribution in [0.25, 0.3) is 0 Å². The lowest BCUT2D eigenvalue weighted by atomic mass is 9.77. The maximum absolute atomic E-state index is 14.4. The number of rotatable bonds is 11. The van der Waals surface area contributed by atoms with Gasteiger partial charge in [0.2, 0.25) is 17.6 Å². The van der Waals surface area contributed by atoms with E-state index in [9.17, 15) is 24.0 Å². The Labute approximate surface area is 274 Å². The van der Waals surface area contributed by atoms with E-state index in [1.165, 1.54) is 0 Å². The molecule has 2 aliphatic carbocycles. The molecule has 10 nitrogen and oxygen atoms in total. The molecular formula is C36H55N5O5. The molecule has 1 heterocycles. The number of benzene rings is 1. The van der Waals surface area contributed by atoms with Crippen molar-refractivity contribution in [2.75, 3.05) is 6.54 Å². The van der Waals surface area contributed by atoms with Gasteiger partial charge in [-0.15, -0.1) is 0 Å². The highest BCUT2D eigenvalue weighted by molar-refractivity contribution is 6.37. The minimum Gasteiger partial charge on any atom is -0.363 e. The topological polar surface area (TPSA) is 151 Å². The summed E-state index contributed by atoms with van der Waals surface area (Å²) in [7, 11) is 0. The molecule has 46 heavy (non-hydrogen) atoms. The number of ketones is 1. The van der Waals surface area contributed by atoms with E-state index in [1.807, 2.05) is 51.1 Å². The van der Waals surface area contributed by atoms with Gasteiger partial charge < -0.3 is 26.6 Å². The van der Waals surface area contributed by atoms with Crippen LogP contribution in [0.3, 0.4) is 0 Å². The van der Waals surface area contributed by atoms with E-state index >= 15 is 0 Å². The molecule has 1 saturated heterocycles. The van der Waals surface area contributed by atoms with E-state index in [-0.39, 0.29) is 46.5 Å². The molecule has 1 unspecified atom stereocenters. The highest BCUT2D eigenvalue weighted by atomic mass is 16.2. The smallest absolute Gasteiger partial charge is 0.315 e. The van der Waals surface area contributed by atoms with Crippen LogP contribution in [0.1, 0.15) is 99.5 Å². The zero-order chi connectivity index (χ0) is 34.4. The van der Waals surface area contributed by atoms with Crippen LogP contribution >= 0.6 is 0 Å². The van der Waals surface area contributed by atoms with Gasteiger partial charge in [0.1, 0.15) is 12.1 Å². The standard InChI is InChI=1S/C36H55N5O5/c1-20(22-16-11-10-12-17-22)28(34(2,3)4)39-33(46)40-29(35(5,6)7)32(45)41-19-23-25(36(23,8)9)26(41)31(44)38-24(27(42)30(37)43)18-21-14-13-15-21/h10-12,16-17,20-21,23-26,28-29H,13-15,18-19H2,1-9H3,(H2,37,43)(H,38,44)(H2,39,40,46)/t20-,23+,24?,25+,26+,28-,29-/m1/s1. The number of hydrogen-bond acceptors (Lipinski definition) is 5. The van der Waals surface area contributed by atoms with E-state index in [0.29, 0.717) is 13.0 Å². The summed E-state index contributed by atoms with van der Waals surface area (Å²) < 4.78 is 0. The Bertz CT molecular complexity index is 1330. The SMILES string of the molecule is C[C@H](c1ccccc1)[C@@H](NC(=O)N[C@H](C(=O)N1C[C@H]2[C@@H]([C@H]1C(=O)NC(CC1CCC1)C(=O)C(N)=O)C2(C)C)C(C)(C)C)C(C)(C)C. The predicted octanol–water partition coefficient (Wildman–Crippen LogP) is 4.13. The van der Waals surface area contributed by atoms with Crippen LogP contribution in [-0.2, 0) is 19.2 Å². The summed E-state index contributed by atoms with van der Waals surface area (Å²) in [6, 6.07) is 6.56. The highest BCUT2D eigenvalue weighted by Crippen LogP contribution is 2.65. The second kappa shape index (κ2) is 13.0. The quantitative estimate of drug-likeness (QED) is 0.269. The largest absolute Gasteiger partial charge is 0.363 e. The number of urea groups is 1. The molecule has 1 aromatic carbocycles. The lowest BCUT2D eigenvalue weighted by molar-refractivity contribution is -0.145. The molecule has 0 spiro atoms. The number of Topliss-reactive ketones (excluding diaryl/α,β-unsaturated/α-hetero) is 1. The number of piperidine rings is 1. The summed E-state index contributed by atoms with van der Waals surface area (Å²) >= 11 is 0. The number of nitrogens with two attached hydrogens (primary N) is 1. The molecule has 0 bridgehead atoms. The molecule has 2 saturated carbocycles. The number of fused-ring (bicyclic) bond motifs is 1. The van der Waals surface area contributed by atoms with Gasteiger partial charge in [-0.05, 0) is 46.0 Å². The molecule has 1 aliphatic heterocycles. The van der Waals surface area contributed by atoms with Gasteiger partial charge in [0, 0.05) is 18.5 Å². The third-order valence-corrected chi connectivity index (χ3v) is 10.9. The van der Waals surface area contributed by atoms with Crippen LogP contribution in [0.4, 0.5) is 4.79 Å². The van der Waals surface area contributed by atoms with Crippen LogP contribution in [-0.4, -0.2) is 65.1 Å². The Morgan fingerprint density at radius 2 is 1.54 bits per heavy atom. The molecule has 5 amide bonds. The van der Waals surface area contributed by atoms with Crippen molar-refractivity contribution in [2.45, 2.75) is 118 Å². The highest BCUT2D eigenvalue weighted by Gasteiger charge is 2.70. The third-order valence-electron chi connectivity index (χ3n) is 10.9. The fraction of sp³-hybridized carbons (Fsp3) is 0.694. The van der Waals surface area contributed by atoms with Gasteiger partial charge in [-0.3, -0.25) is 19.2 Å². The summed E-state index contributed by atoms with van der Waals surface area (Å²) in [5.41, 5.74) is 5.34. The molecule has 3 aliphatic rings. The first kappa shape index (κ1) is 35.4. The average Bonchev–Trinajstić information content (AvgIpc) is 3.26. The Kier molecular flexibility index (Phi) is 10.0. The van der Waals surface area contributed by atoms with E-state index in [0.717, 1.165) is 24.8 Å². The molecule has 3 fully saturated rings. The fourth-order valence-electron chi connectivity index (χ4n) is 7.70. The Hall–Kier alpha value is -3.43. The summed E-state index contributed by atoms with van der Waals surface area (Å²) in [6.45, 7) is 18.5. The number of hydrogen-bond donors (Lipinski definition) is 4. The lowest BCUT2D eigenvalue weighted by Crippen LogP contribution is -2.62. The maximum Gasteiger partial charge on any atom is 0.315 e. The first-order valence-electron chi connectivity index (χ1n) is 16.8. The molecular weight excluding hydrogens is 582 g/mol. The van der Waals surface area contributed by atoms with Gasteiger partial charge in [0.25, 0.3) is 5.91 Å². The van der Waals surface area contributed by atoms with Crippen molar-refractivity contribution in [1.82, 2.24) is 20.9 Å². The number of nitrogens with one attached hydrogen (secondary N) is 3. The first-order chi connectivity index (χ1) is 21.2. The van der Waals surface area contributed by atoms with Crippen LogP contribution in [0.15, 0.2) is 30.3 Å². The van der Waals surface area contributed by atoms with Crippen LogP contribution in [0.5, 0.6) is 0 Å². The second-order valence-corrected chi connectivity index (χ2v) is 16.7. The average molecular weight is 638 g/mol. The molecule has 0 aromatic heterocycles. The molecule has 1 aromatic rings. The summed E-state index contributed by atoms with van der Waals surface area (Å²) in [6.07, 6.45) is 3.28. The van der Waals surface area contributed by atoms with Crippen molar-refractivity contribution in [2.24, 2.45) is 39.7 Å². The molecule has 4 rings (SSSR count). The predicted molar refractivity (Wildman–Crippen MR) is 177 cm³/mol. The monoisotopic (exact) mass is 637 g/mol. The Balaban J connectivity index is 1.54. The van der Waals surface area contributed by atoms with Gasteiger partial charge >= 0.3 is 6.03 Å². The molecule has 10 heteroatoms. The summed E-state index contributed by atoms with van der Waals surface area (Å²) in [5, 5.41) is 8.97. The van der Waals surface area contributed by atoms with Crippen molar-refractivity contribution < 1.29 is 24.0 Å². The molecule has 254 valence electrons. The summed E-state index contributed by atoms with van der Waals surface area (Å²) in [5.74, 6) is -2.43. The number of primary amides is 1. The first-order valence-corrected chi connectivity index (χ1v) is 16.8. The summed E-state index contributed by atoms with van der Waals surface area (Å²) in [4.78, 5) is 68.2. The van der Waals surface area contributed by atoms with Crippen molar-refractivity contribution >= 4 is 29.5 Å².